The molecule has 1 fully saturated rings. The normalized spacial score (nSPS) is 13.9. The van der Waals surface area contributed by atoms with E-state index >= 15 is 0 Å². The number of carbonyl (C=O) groups excluding carboxylic acids is 1. The number of anilines is 1. The summed E-state index contributed by atoms with van der Waals surface area (Å²) in [6.45, 7) is 6.35. The second-order valence-electron chi connectivity index (χ2n) is 4.70. The topological polar surface area (TPSA) is 80.5 Å². The highest BCUT2D eigenvalue weighted by Gasteiger charge is 2.17. The van der Waals surface area contributed by atoms with E-state index in [1.807, 2.05) is 24.3 Å². The van der Waals surface area contributed by atoms with Crippen molar-refractivity contribution in [1.29, 1.82) is 0 Å². The maximum atomic E-state index is 9.18. The number of rotatable bonds is 4. The molecule has 0 unspecified atom stereocenters. The monoisotopic (exact) mass is 338 g/mol. The van der Waals surface area contributed by atoms with Crippen LogP contribution in [-0.2, 0) is 9.53 Å². The molecule has 1 saturated heterocycles. The molecule has 1 aromatic heterocycles. The van der Waals surface area contributed by atoms with Gasteiger partial charge in [-0.05, 0) is 30.3 Å². The van der Waals surface area contributed by atoms with Crippen molar-refractivity contribution in [3.8, 4) is 11.5 Å². The first-order chi connectivity index (χ1) is 11.2. The van der Waals surface area contributed by atoms with Gasteiger partial charge in [0.05, 0.1) is 6.61 Å². The minimum Gasteiger partial charge on any atom is -0.468 e. The van der Waals surface area contributed by atoms with Crippen molar-refractivity contribution in [1.82, 2.24) is 15.5 Å². The molecule has 3 rings (SSSR count). The van der Waals surface area contributed by atoms with E-state index in [1.54, 1.807) is 6.92 Å². The Morgan fingerprint density at radius 2 is 2.22 bits per heavy atom. The van der Waals surface area contributed by atoms with Crippen molar-refractivity contribution >= 4 is 24.0 Å². The predicted molar refractivity (Wildman–Crippen MR) is 87.5 cm³/mol. The van der Waals surface area contributed by atoms with Gasteiger partial charge in [0.15, 0.2) is 0 Å². The molecule has 23 heavy (non-hydrogen) atoms. The number of nitrogens with zero attached hydrogens (tertiary/aromatic N) is 3. The summed E-state index contributed by atoms with van der Waals surface area (Å²) in [5.41, 5.74) is 0.844. The van der Waals surface area contributed by atoms with Gasteiger partial charge in [0, 0.05) is 36.8 Å². The molecule has 0 atom stereocenters. The average molecular weight is 339 g/mol. The van der Waals surface area contributed by atoms with Gasteiger partial charge in [-0.1, -0.05) is 17.7 Å². The molecule has 1 aliphatic rings. The van der Waals surface area contributed by atoms with Gasteiger partial charge in [-0.15, -0.1) is 0 Å². The molecule has 1 aliphatic heterocycles. The molecule has 2 heterocycles. The first-order valence-corrected chi connectivity index (χ1v) is 7.73. The van der Waals surface area contributed by atoms with Crippen LogP contribution in [0.3, 0.4) is 0 Å². The van der Waals surface area contributed by atoms with Crippen LogP contribution in [0.25, 0.3) is 11.5 Å². The number of carbonyl (C=O) groups is 1. The highest BCUT2D eigenvalue weighted by atomic mass is 35.5. The van der Waals surface area contributed by atoms with Crippen molar-refractivity contribution < 1.29 is 14.1 Å². The van der Waals surface area contributed by atoms with Crippen LogP contribution in [0.2, 0.25) is 5.02 Å². The maximum absolute atomic E-state index is 9.18. The van der Waals surface area contributed by atoms with Crippen LogP contribution in [0.15, 0.2) is 28.8 Å². The number of hydrogen-bond acceptors (Lipinski definition) is 7. The summed E-state index contributed by atoms with van der Waals surface area (Å²) in [5, 5.41) is 7.96. The van der Waals surface area contributed by atoms with Crippen molar-refractivity contribution in [3.63, 3.8) is 0 Å². The first-order valence-electron chi connectivity index (χ1n) is 7.35. The Morgan fingerprint density at radius 1 is 1.43 bits per heavy atom. The van der Waals surface area contributed by atoms with Gasteiger partial charge in [-0.25, -0.2) is 0 Å². The SMILES string of the molecule is CCOC=O.Clc1cccc(-c2nc(N3CCNCC3)no2)c1. The van der Waals surface area contributed by atoms with Crippen LogP contribution in [-0.4, -0.2) is 49.4 Å². The van der Waals surface area contributed by atoms with Gasteiger partial charge < -0.3 is 19.5 Å². The number of ether oxygens (including phenoxy) is 1. The summed E-state index contributed by atoms with van der Waals surface area (Å²) in [6.07, 6.45) is 0. The second kappa shape index (κ2) is 9.12. The summed E-state index contributed by atoms with van der Waals surface area (Å²) in [7, 11) is 0. The van der Waals surface area contributed by atoms with Crippen molar-refractivity contribution in [2.75, 3.05) is 37.7 Å². The molecule has 0 aliphatic carbocycles. The van der Waals surface area contributed by atoms with Gasteiger partial charge in [0.1, 0.15) is 0 Å². The molecule has 1 N–H and O–H groups in total. The van der Waals surface area contributed by atoms with E-state index in [1.165, 1.54) is 0 Å². The zero-order valence-corrected chi connectivity index (χ0v) is 13.6. The molecule has 0 radical (unpaired) electrons. The second-order valence-corrected chi connectivity index (χ2v) is 5.13. The summed E-state index contributed by atoms with van der Waals surface area (Å²) in [4.78, 5) is 15.7. The fourth-order valence-electron chi connectivity index (χ4n) is 2.02. The van der Waals surface area contributed by atoms with E-state index in [2.05, 4.69) is 25.1 Å². The molecular weight excluding hydrogens is 320 g/mol. The van der Waals surface area contributed by atoms with E-state index in [0.29, 0.717) is 29.9 Å². The van der Waals surface area contributed by atoms with Gasteiger partial charge in [0.2, 0.25) is 0 Å². The fourth-order valence-corrected chi connectivity index (χ4v) is 2.21. The summed E-state index contributed by atoms with van der Waals surface area (Å²) >= 11 is 5.94. The molecule has 2 aromatic rings. The number of halogens is 1. The number of piperazine rings is 1. The van der Waals surface area contributed by atoms with Crippen molar-refractivity contribution in [3.05, 3.63) is 29.3 Å². The lowest BCUT2D eigenvalue weighted by Gasteiger charge is -2.25. The average Bonchev–Trinajstić information content (AvgIpc) is 3.07. The zero-order valence-electron chi connectivity index (χ0n) is 12.9. The van der Waals surface area contributed by atoms with Crippen LogP contribution in [0, 0.1) is 0 Å². The zero-order chi connectivity index (χ0) is 16.5. The van der Waals surface area contributed by atoms with E-state index in [-0.39, 0.29) is 0 Å². The molecule has 0 spiro atoms. The van der Waals surface area contributed by atoms with Crippen LogP contribution in [0.1, 0.15) is 6.92 Å². The Morgan fingerprint density at radius 3 is 2.83 bits per heavy atom. The number of aromatic nitrogens is 2. The number of benzene rings is 1. The van der Waals surface area contributed by atoms with E-state index in [0.717, 1.165) is 31.7 Å². The Hall–Kier alpha value is -2.12. The van der Waals surface area contributed by atoms with Crippen LogP contribution in [0.5, 0.6) is 0 Å². The predicted octanol–water partition coefficient (Wildman–Crippen LogP) is 1.98. The lowest BCUT2D eigenvalue weighted by molar-refractivity contribution is -0.128. The van der Waals surface area contributed by atoms with Gasteiger partial charge in [-0.2, -0.15) is 4.98 Å². The molecule has 8 heteroatoms. The van der Waals surface area contributed by atoms with E-state index in [9.17, 15) is 4.79 Å². The highest BCUT2D eigenvalue weighted by Crippen LogP contribution is 2.23. The molecular formula is C15H19ClN4O3. The van der Waals surface area contributed by atoms with Gasteiger partial charge in [-0.3, -0.25) is 4.79 Å². The van der Waals surface area contributed by atoms with Crippen molar-refractivity contribution in [2.24, 2.45) is 0 Å². The van der Waals surface area contributed by atoms with Crippen LogP contribution >= 0.6 is 11.6 Å². The third-order valence-corrected chi connectivity index (χ3v) is 3.36. The molecule has 1 aromatic carbocycles. The molecule has 0 bridgehead atoms. The minimum atomic E-state index is 0.431. The summed E-state index contributed by atoms with van der Waals surface area (Å²) in [5.74, 6) is 1.15. The smallest absolute Gasteiger partial charge is 0.293 e. The van der Waals surface area contributed by atoms with Gasteiger partial charge >= 0.3 is 0 Å². The minimum absolute atomic E-state index is 0.431. The third kappa shape index (κ3) is 5.22. The fraction of sp³-hybridized carbons (Fsp3) is 0.400. The summed E-state index contributed by atoms with van der Waals surface area (Å²) in [6, 6.07) is 7.41. The lowest BCUT2D eigenvalue weighted by Crippen LogP contribution is -2.44. The van der Waals surface area contributed by atoms with Crippen LogP contribution in [0.4, 0.5) is 5.95 Å². The largest absolute Gasteiger partial charge is 0.468 e. The standard InChI is InChI=1S/C12H13ClN4O.C3H6O2/c13-10-3-1-2-9(8-10)11-15-12(16-18-11)17-6-4-14-5-7-17;1-2-5-3-4/h1-3,8,14H,4-7H2;3H,2H2,1H3. The Labute approximate surface area is 139 Å². The number of hydrogen-bond donors (Lipinski definition) is 1. The molecule has 124 valence electrons. The summed E-state index contributed by atoms with van der Waals surface area (Å²) < 4.78 is 9.43. The Kier molecular flexibility index (Phi) is 6.83. The van der Waals surface area contributed by atoms with Gasteiger partial charge in [0.25, 0.3) is 18.3 Å². The highest BCUT2D eigenvalue weighted by molar-refractivity contribution is 6.30. The Bertz CT molecular complexity index is 614. The quantitative estimate of drug-likeness (QED) is 0.854. The maximum Gasteiger partial charge on any atom is 0.293 e. The Balaban J connectivity index is 0.000000338. The molecule has 0 amide bonds. The van der Waals surface area contributed by atoms with E-state index < -0.39 is 0 Å². The lowest BCUT2D eigenvalue weighted by atomic mass is 10.2. The number of nitrogens with one attached hydrogen (secondary N) is 1. The molecule has 0 saturated carbocycles. The van der Waals surface area contributed by atoms with Crippen molar-refractivity contribution in [2.45, 2.75) is 6.92 Å². The first kappa shape index (κ1) is 17.2. The molecule has 7 nitrogen and oxygen atoms in total. The van der Waals surface area contributed by atoms with E-state index in [4.69, 9.17) is 16.1 Å². The van der Waals surface area contributed by atoms with Crippen LogP contribution < -0.4 is 10.2 Å². The third-order valence-electron chi connectivity index (χ3n) is 3.12.